The van der Waals surface area contributed by atoms with Crippen LogP contribution in [0.2, 0.25) is 10.0 Å². The lowest BCUT2D eigenvalue weighted by Crippen LogP contribution is -2.38. The van der Waals surface area contributed by atoms with E-state index in [0.29, 0.717) is 16.5 Å². The van der Waals surface area contributed by atoms with Gasteiger partial charge in [-0.15, -0.1) is 0 Å². The monoisotopic (exact) mass is 314 g/mol. The minimum atomic E-state index is -0.0632. The zero-order chi connectivity index (χ0) is 14.5. The summed E-state index contributed by atoms with van der Waals surface area (Å²) in [7, 11) is 0. The quantitative estimate of drug-likeness (QED) is 0.930. The van der Waals surface area contributed by atoms with Gasteiger partial charge >= 0.3 is 0 Å². The van der Waals surface area contributed by atoms with Gasteiger partial charge in [0.25, 0.3) is 0 Å². The molecule has 1 heterocycles. The number of amides is 1. The van der Waals surface area contributed by atoms with Crippen LogP contribution in [0.5, 0.6) is 0 Å². The molecule has 0 bridgehead atoms. The molecule has 0 aromatic heterocycles. The molecule has 1 aromatic carbocycles. The first-order chi connectivity index (χ1) is 9.58. The number of nitrogens with one attached hydrogen (secondary N) is 1. The van der Waals surface area contributed by atoms with E-state index in [2.05, 4.69) is 5.32 Å². The van der Waals surface area contributed by atoms with E-state index >= 15 is 0 Å². The Labute approximate surface area is 130 Å². The molecule has 5 heteroatoms. The highest BCUT2D eigenvalue weighted by molar-refractivity contribution is 6.35. The maximum Gasteiger partial charge on any atom is 0.225 e. The first kappa shape index (κ1) is 15.6. The lowest BCUT2D eigenvalue weighted by molar-refractivity contribution is -0.134. The summed E-state index contributed by atoms with van der Waals surface area (Å²) in [6, 6.07) is 5.44. The highest BCUT2D eigenvalue weighted by Gasteiger charge is 2.22. The summed E-state index contributed by atoms with van der Waals surface area (Å²) in [4.78, 5) is 14.4. The Morgan fingerprint density at radius 2 is 2.15 bits per heavy atom. The summed E-state index contributed by atoms with van der Waals surface area (Å²) >= 11 is 12.1. The molecule has 3 nitrogen and oxygen atoms in total. The third kappa shape index (κ3) is 4.11. The van der Waals surface area contributed by atoms with E-state index in [9.17, 15) is 4.79 Å². The van der Waals surface area contributed by atoms with E-state index < -0.39 is 0 Å². The summed E-state index contributed by atoms with van der Waals surface area (Å²) in [5.41, 5.74) is 0.977. The second-order valence-electron chi connectivity index (χ2n) is 5.27. The molecule has 2 rings (SSSR count). The number of carbonyl (C=O) groups is 1. The van der Waals surface area contributed by atoms with Crippen molar-refractivity contribution in [3.63, 3.8) is 0 Å². The van der Waals surface area contributed by atoms with E-state index in [-0.39, 0.29) is 11.8 Å². The van der Waals surface area contributed by atoms with Gasteiger partial charge in [0.05, 0.1) is 0 Å². The molecule has 0 radical (unpaired) electrons. The Morgan fingerprint density at radius 3 is 2.90 bits per heavy atom. The van der Waals surface area contributed by atoms with E-state index in [1.807, 2.05) is 24.0 Å². The summed E-state index contributed by atoms with van der Waals surface area (Å²) in [5, 5.41) is 4.56. The van der Waals surface area contributed by atoms with Crippen molar-refractivity contribution in [3.05, 3.63) is 33.8 Å². The van der Waals surface area contributed by atoms with Gasteiger partial charge in [-0.1, -0.05) is 36.2 Å². The molecule has 1 aliphatic rings. The number of halogens is 2. The maximum atomic E-state index is 12.5. The molecule has 1 atom stereocenters. The lowest BCUT2D eigenvalue weighted by Gasteiger charge is -2.24. The third-order valence-electron chi connectivity index (χ3n) is 3.61. The molecule has 0 spiro atoms. The number of benzene rings is 1. The average molecular weight is 315 g/mol. The normalized spacial score (nSPS) is 17.6. The standard InChI is InChI=1S/C15H20Cl2N2O/c1-11(9-12-3-4-13(16)10-14(12)17)15(20)19-7-2-5-18-6-8-19/h3-4,10-11,18H,2,5-9H2,1H3. The van der Waals surface area contributed by atoms with Crippen molar-refractivity contribution in [2.24, 2.45) is 5.92 Å². The van der Waals surface area contributed by atoms with Gasteiger partial charge in [-0.3, -0.25) is 4.79 Å². The van der Waals surface area contributed by atoms with Crippen LogP contribution in [-0.2, 0) is 11.2 Å². The van der Waals surface area contributed by atoms with Crippen LogP contribution in [0, 0.1) is 5.92 Å². The van der Waals surface area contributed by atoms with Crippen LogP contribution < -0.4 is 5.32 Å². The van der Waals surface area contributed by atoms with Crippen molar-refractivity contribution in [2.45, 2.75) is 19.8 Å². The molecule has 0 saturated carbocycles. The summed E-state index contributed by atoms with van der Waals surface area (Å²) in [6.45, 7) is 5.45. The molecule has 1 fully saturated rings. The minimum Gasteiger partial charge on any atom is -0.341 e. The fraction of sp³-hybridized carbons (Fsp3) is 0.533. The third-order valence-corrected chi connectivity index (χ3v) is 4.20. The van der Waals surface area contributed by atoms with Crippen LogP contribution in [0.4, 0.5) is 0 Å². The highest BCUT2D eigenvalue weighted by atomic mass is 35.5. The van der Waals surface area contributed by atoms with Gasteiger partial charge in [-0.25, -0.2) is 0 Å². The molecule has 0 aliphatic carbocycles. The summed E-state index contributed by atoms with van der Waals surface area (Å²) < 4.78 is 0. The second kappa shape index (κ2) is 7.30. The topological polar surface area (TPSA) is 32.3 Å². The number of nitrogens with zero attached hydrogens (tertiary/aromatic N) is 1. The van der Waals surface area contributed by atoms with Gasteiger partial charge in [0.1, 0.15) is 0 Å². The number of hydrogen-bond acceptors (Lipinski definition) is 2. The number of hydrogen-bond donors (Lipinski definition) is 1. The first-order valence-corrected chi connectivity index (χ1v) is 7.77. The first-order valence-electron chi connectivity index (χ1n) is 7.01. The predicted octanol–water partition coefficient (Wildman–Crippen LogP) is 2.99. The van der Waals surface area contributed by atoms with Crippen molar-refractivity contribution in [3.8, 4) is 0 Å². The Hall–Kier alpha value is -0.770. The Bertz CT molecular complexity index is 471. The molecular formula is C15H20Cl2N2O. The zero-order valence-electron chi connectivity index (χ0n) is 11.7. The number of carbonyl (C=O) groups excluding carboxylic acids is 1. The van der Waals surface area contributed by atoms with Crippen LogP contribution in [0.3, 0.4) is 0 Å². The van der Waals surface area contributed by atoms with Gasteiger partial charge in [0, 0.05) is 35.6 Å². The van der Waals surface area contributed by atoms with Crippen molar-refractivity contribution in [1.82, 2.24) is 10.2 Å². The van der Waals surface area contributed by atoms with Gasteiger partial charge < -0.3 is 10.2 Å². The Balaban J connectivity index is 1.99. The molecule has 1 amide bonds. The van der Waals surface area contributed by atoms with Crippen molar-refractivity contribution >= 4 is 29.1 Å². The lowest BCUT2D eigenvalue weighted by atomic mass is 9.99. The van der Waals surface area contributed by atoms with Crippen LogP contribution in [0.15, 0.2) is 18.2 Å². The highest BCUT2D eigenvalue weighted by Crippen LogP contribution is 2.24. The van der Waals surface area contributed by atoms with Gasteiger partial charge in [0.15, 0.2) is 0 Å². The molecule has 1 aliphatic heterocycles. The predicted molar refractivity (Wildman–Crippen MR) is 83.4 cm³/mol. The molecule has 1 saturated heterocycles. The van der Waals surface area contributed by atoms with E-state index in [4.69, 9.17) is 23.2 Å². The zero-order valence-corrected chi connectivity index (χ0v) is 13.2. The van der Waals surface area contributed by atoms with Gasteiger partial charge in [-0.2, -0.15) is 0 Å². The van der Waals surface area contributed by atoms with Crippen LogP contribution >= 0.6 is 23.2 Å². The fourth-order valence-corrected chi connectivity index (χ4v) is 2.97. The molecule has 1 unspecified atom stereocenters. The average Bonchev–Trinajstić information content (AvgIpc) is 2.70. The number of rotatable bonds is 3. The largest absolute Gasteiger partial charge is 0.341 e. The smallest absolute Gasteiger partial charge is 0.225 e. The van der Waals surface area contributed by atoms with Crippen LogP contribution in [0.1, 0.15) is 18.9 Å². The van der Waals surface area contributed by atoms with Crippen LogP contribution in [-0.4, -0.2) is 37.0 Å². The second-order valence-corrected chi connectivity index (χ2v) is 6.11. The Morgan fingerprint density at radius 1 is 1.35 bits per heavy atom. The van der Waals surface area contributed by atoms with Gasteiger partial charge in [0.2, 0.25) is 5.91 Å². The van der Waals surface area contributed by atoms with Crippen molar-refractivity contribution in [2.75, 3.05) is 26.2 Å². The van der Waals surface area contributed by atoms with Crippen molar-refractivity contribution in [1.29, 1.82) is 0 Å². The molecule has 1 N–H and O–H groups in total. The van der Waals surface area contributed by atoms with Gasteiger partial charge in [-0.05, 0) is 37.1 Å². The minimum absolute atomic E-state index is 0.0632. The molecule has 110 valence electrons. The van der Waals surface area contributed by atoms with E-state index in [1.54, 1.807) is 6.07 Å². The summed E-state index contributed by atoms with van der Waals surface area (Å²) in [5.74, 6) is 0.145. The molecule has 1 aromatic rings. The molecule has 20 heavy (non-hydrogen) atoms. The van der Waals surface area contributed by atoms with E-state index in [0.717, 1.165) is 38.2 Å². The SMILES string of the molecule is CC(Cc1ccc(Cl)cc1Cl)C(=O)N1CCCNCC1. The van der Waals surface area contributed by atoms with Crippen LogP contribution in [0.25, 0.3) is 0 Å². The molecular weight excluding hydrogens is 295 g/mol. The maximum absolute atomic E-state index is 12.5. The fourth-order valence-electron chi connectivity index (χ4n) is 2.48. The van der Waals surface area contributed by atoms with E-state index in [1.165, 1.54) is 0 Å². The van der Waals surface area contributed by atoms with Crippen molar-refractivity contribution < 1.29 is 4.79 Å². The Kier molecular flexibility index (Phi) is 5.70. The summed E-state index contributed by atoms with van der Waals surface area (Å²) in [6.07, 6.45) is 1.67.